The first-order valence-electron chi connectivity index (χ1n) is 5.10. The molecular weight excluding hydrogens is 242 g/mol. The lowest BCUT2D eigenvalue weighted by atomic mass is 10.3. The maximum absolute atomic E-state index is 11.5. The van der Waals surface area contributed by atoms with Gasteiger partial charge >= 0.3 is 6.03 Å². The van der Waals surface area contributed by atoms with E-state index in [1.165, 1.54) is 6.07 Å². The van der Waals surface area contributed by atoms with Gasteiger partial charge in [0, 0.05) is 5.69 Å². The average Bonchev–Trinajstić information content (AvgIpc) is 2.15. The van der Waals surface area contributed by atoms with Crippen molar-refractivity contribution in [1.29, 1.82) is 0 Å². The molecule has 17 heavy (non-hydrogen) atoms. The van der Waals surface area contributed by atoms with Gasteiger partial charge in [-0.1, -0.05) is 13.0 Å². The number of carbonyl (C=O) groups is 1. The molecular formula is C10H15N3O3S. The molecule has 1 aromatic rings. The molecule has 94 valence electrons. The monoisotopic (exact) mass is 257 g/mol. The largest absolute Gasteiger partial charge is 0.351 e. The Balaban J connectivity index is 2.82. The summed E-state index contributed by atoms with van der Waals surface area (Å²) < 4.78 is 25.4. The Morgan fingerprint density at radius 2 is 2.00 bits per heavy atom. The van der Waals surface area contributed by atoms with Gasteiger partial charge in [-0.25, -0.2) is 13.2 Å². The van der Waals surface area contributed by atoms with E-state index in [-0.39, 0.29) is 5.75 Å². The molecule has 0 aliphatic heterocycles. The Morgan fingerprint density at radius 1 is 1.35 bits per heavy atom. The van der Waals surface area contributed by atoms with Crippen molar-refractivity contribution < 1.29 is 13.2 Å². The summed E-state index contributed by atoms with van der Waals surface area (Å²) >= 11 is 0. The lowest BCUT2D eigenvalue weighted by molar-refractivity contribution is 0.259. The highest BCUT2D eigenvalue weighted by molar-refractivity contribution is 7.92. The minimum absolute atomic E-state index is 0.0560. The Bertz CT molecular complexity index is 499. The quantitative estimate of drug-likeness (QED) is 0.741. The van der Waals surface area contributed by atoms with E-state index in [0.29, 0.717) is 17.8 Å². The van der Waals surface area contributed by atoms with Gasteiger partial charge in [0.1, 0.15) is 0 Å². The van der Waals surface area contributed by atoms with Crippen LogP contribution >= 0.6 is 0 Å². The molecule has 7 heteroatoms. The fourth-order valence-corrected chi connectivity index (χ4v) is 2.43. The summed E-state index contributed by atoms with van der Waals surface area (Å²) in [6, 6.07) is 5.63. The van der Waals surface area contributed by atoms with Gasteiger partial charge in [-0.15, -0.1) is 0 Å². The molecule has 0 spiro atoms. The molecule has 0 heterocycles. The zero-order valence-electron chi connectivity index (χ0n) is 9.43. The van der Waals surface area contributed by atoms with Crippen molar-refractivity contribution in [1.82, 2.24) is 0 Å². The number of hydrogen-bond donors (Lipinski definition) is 3. The molecule has 1 aromatic carbocycles. The van der Waals surface area contributed by atoms with Crippen molar-refractivity contribution in [3.8, 4) is 0 Å². The fourth-order valence-electron chi connectivity index (χ4n) is 1.30. The van der Waals surface area contributed by atoms with Crippen molar-refractivity contribution in [2.24, 2.45) is 5.73 Å². The standard InChI is InChI=1S/C10H15N3O3S/c1-2-6-17(15,16)13-9-5-3-4-8(7-9)12-10(11)14/h3-5,7,13H,2,6H2,1H3,(H3,11,12,14). The summed E-state index contributed by atoms with van der Waals surface area (Å²) in [5, 5.41) is 2.37. The van der Waals surface area contributed by atoms with Crippen LogP contribution in [-0.2, 0) is 10.0 Å². The Kier molecular flexibility index (Phi) is 4.33. The summed E-state index contributed by atoms with van der Waals surface area (Å²) in [5.41, 5.74) is 5.79. The third kappa shape index (κ3) is 4.73. The number of carbonyl (C=O) groups excluding carboxylic acids is 1. The molecule has 1 rings (SSSR count). The van der Waals surface area contributed by atoms with Gasteiger partial charge in [0.2, 0.25) is 10.0 Å². The van der Waals surface area contributed by atoms with Gasteiger partial charge < -0.3 is 11.1 Å². The van der Waals surface area contributed by atoms with E-state index in [0.717, 1.165) is 0 Å². The van der Waals surface area contributed by atoms with Crippen LogP contribution in [0.3, 0.4) is 0 Å². The lowest BCUT2D eigenvalue weighted by Crippen LogP contribution is -2.19. The number of anilines is 2. The van der Waals surface area contributed by atoms with E-state index < -0.39 is 16.1 Å². The van der Waals surface area contributed by atoms with Crippen LogP contribution < -0.4 is 15.8 Å². The summed E-state index contributed by atoms with van der Waals surface area (Å²) in [5.74, 6) is 0.0560. The number of hydrogen-bond acceptors (Lipinski definition) is 3. The van der Waals surface area contributed by atoms with Gasteiger partial charge in [0.25, 0.3) is 0 Å². The second kappa shape index (κ2) is 5.53. The lowest BCUT2D eigenvalue weighted by Gasteiger charge is -2.08. The second-order valence-corrected chi connectivity index (χ2v) is 5.33. The van der Waals surface area contributed by atoms with Crippen LogP contribution in [-0.4, -0.2) is 20.2 Å². The van der Waals surface area contributed by atoms with Gasteiger partial charge in [0.15, 0.2) is 0 Å². The fraction of sp³-hybridized carbons (Fsp3) is 0.300. The average molecular weight is 257 g/mol. The van der Waals surface area contributed by atoms with E-state index in [9.17, 15) is 13.2 Å². The van der Waals surface area contributed by atoms with Gasteiger partial charge in [-0.05, 0) is 24.6 Å². The number of nitrogens with one attached hydrogen (secondary N) is 2. The third-order valence-electron chi connectivity index (χ3n) is 1.88. The molecule has 2 amide bonds. The molecule has 4 N–H and O–H groups in total. The van der Waals surface area contributed by atoms with Gasteiger partial charge in [-0.3, -0.25) is 4.72 Å². The van der Waals surface area contributed by atoms with Crippen LogP contribution in [0.2, 0.25) is 0 Å². The second-order valence-electron chi connectivity index (χ2n) is 3.49. The number of sulfonamides is 1. The van der Waals surface area contributed by atoms with Crippen LogP contribution in [0.5, 0.6) is 0 Å². The zero-order valence-corrected chi connectivity index (χ0v) is 10.3. The molecule has 0 aliphatic rings. The summed E-state index contributed by atoms with van der Waals surface area (Å²) in [6.07, 6.45) is 0.536. The Labute approximate surface area is 100 Å². The van der Waals surface area contributed by atoms with Crippen LogP contribution in [0.4, 0.5) is 16.2 Å². The minimum atomic E-state index is -3.32. The van der Waals surface area contributed by atoms with Gasteiger partial charge in [0.05, 0.1) is 11.4 Å². The van der Waals surface area contributed by atoms with Crippen molar-refractivity contribution in [3.05, 3.63) is 24.3 Å². The predicted molar refractivity (Wildman–Crippen MR) is 67.3 cm³/mol. The minimum Gasteiger partial charge on any atom is -0.351 e. The first-order chi connectivity index (χ1) is 7.93. The number of primary amides is 1. The summed E-state index contributed by atoms with van der Waals surface area (Å²) in [6.45, 7) is 1.78. The van der Waals surface area contributed by atoms with Crippen LogP contribution in [0.25, 0.3) is 0 Å². The molecule has 0 saturated heterocycles. The van der Waals surface area contributed by atoms with E-state index in [1.54, 1.807) is 25.1 Å². The highest BCUT2D eigenvalue weighted by atomic mass is 32.2. The normalized spacial score (nSPS) is 10.9. The first-order valence-corrected chi connectivity index (χ1v) is 6.75. The molecule has 0 bridgehead atoms. The Morgan fingerprint density at radius 3 is 2.59 bits per heavy atom. The number of amides is 2. The molecule has 0 radical (unpaired) electrons. The molecule has 0 atom stereocenters. The van der Waals surface area contributed by atoms with Crippen LogP contribution in [0.1, 0.15) is 13.3 Å². The molecule has 0 fully saturated rings. The summed E-state index contributed by atoms with van der Waals surface area (Å²) in [7, 11) is -3.32. The number of nitrogens with two attached hydrogens (primary N) is 1. The molecule has 6 nitrogen and oxygen atoms in total. The topological polar surface area (TPSA) is 101 Å². The maximum atomic E-state index is 11.5. The first kappa shape index (κ1) is 13.3. The zero-order chi connectivity index (χ0) is 12.9. The van der Waals surface area contributed by atoms with Crippen LogP contribution in [0.15, 0.2) is 24.3 Å². The van der Waals surface area contributed by atoms with Crippen molar-refractivity contribution in [2.75, 3.05) is 15.8 Å². The number of rotatable bonds is 5. The maximum Gasteiger partial charge on any atom is 0.316 e. The van der Waals surface area contributed by atoms with Gasteiger partial charge in [-0.2, -0.15) is 0 Å². The molecule has 0 aliphatic carbocycles. The number of benzene rings is 1. The van der Waals surface area contributed by atoms with E-state index in [4.69, 9.17) is 5.73 Å². The summed E-state index contributed by atoms with van der Waals surface area (Å²) in [4.78, 5) is 10.6. The van der Waals surface area contributed by atoms with Crippen molar-refractivity contribution >= 4 is 27.4 Å². The molecule has 0 aromatic heterocycles. The molecule has 0 saturated carbocycles. The Hall–Kier alpha value is -1.76. The van der Waals surface area contributed by atoms with E-state index >= 15 is 0 Å². The smallest absolute Gasteiger partial charge is 0.316 e. The van der Waals surface area contributed by atoms with E-state index in [2.05, 4.69) is 10.0 Å². The SMILES string of the molecule is CCCS(=O)(=O)Nc1cccc(NC(N)=O)c1. The molecule has 0 unspecified atom stereocenters. The highest BCUT2D eigenvalue weighted by Gasteiger charge is 2.08. The van der Waals surface area contributed by atoms with Crippen LogP contribution in [0, 0.1) is 0 Å². The van der Waals surface area contributed by atoms with Crippen molar-refractivity contribution in [3.63, 3.8) is 0 Å². The predicted octanol–water partition coefficient (Wildman–Crippen LogP) is 1.33. The van der Waals surface area contributed by atoms with Crippen molar-refractivity contribution in [2.45, 2.75) is 13.3 Å². The van der Waals surface area contributed by atoms with E-state index in [1.807, 2.05) is 0 Å². The number of urea groups is 1. The third-order valence-corrected chi connectivity index (χ3v) is 3.37. The highest BCUT2D eigenvalue weighted by Crippen LogP contribution is 2.16.